The van der Waals surface area contributed by atoms with Gasteiger partial charge in [-0.3, -0.25) is 9.69 Å². The zero-order chi connectivity index (χ0) is 14.4. The number of allylic oxidation sites excluding steroid dienone is 1. The van der Waals surface area contributed by atoms with E-state index in [0.29, 0.717) is 12.2 Å². The first-order valence-corrected chi connectivity index (χ1v) is 7.34. The minimum Gasteiger partial charge on any atom is -0.428 e. The lowest BCUT2D eigenvalue weighted by Gasteiger charge is -2.28. The molecule has 1 heterocycles. The molecule has 0 amide bonds. The highest BCUT2D eigenvalue weighted by Gasteiger charge is 2.17. The fourth-order valence-corrected chi connectivity index (χ4v) is 2.78. The van der Waals surface area contributed by atoms with Crippen LogP contribution in [0.2, 0.25) is 0 Å². The normalized spacial score (nSPS) is 16.5. The van der Waals surface area contributed by atoms with E-state index in [0.717, 1.165) is 30.8 Å². The second kappa shape index (κ2) is 7.25. The summed E-state index contributed by atoms with van der Waals surface area (Å²) in [7, 11) is 0. The van der Waals surface area contributed by atoms with Crippen LogP contribution in [-0.4, -0.2) is 24.5 Å². The third kappa shape index (κ3) is 3.48. The summed E-state index contributed by atoms with van der Waals surface area (Å²) in [6, 6.07) is 4.11. The third-order valence-electron chi connectivity index (χ3n) is 3.87. The number of carbonyl (C=O) groups excluding carboxylic acids is 1. The lowest BCUT2D eigenvalue weighted by atomic mass is 10.0. The Kier molecular flexibility index (Phi) is 5.36. The number of piperidine rings is 1. The van der Waals surface area contributed by atoms with Crippen LogP contribution in [0.5, 0.6) is 5.75 Å². The molecule has 0 unspecified atom stereocenters. The van der Waals surface area contributed by atoms with Crippen molar-refractivity contribution in [3.05, 3.63) is 34.9 Å². The van der Waals surface area contributed by atoms with Gasteiger partial charge >= 0.3 is 0 Å². The average Bonchev–Trinajstić information content (AvgIpc) is 2.47. The molecule has 2 rings (SSSR count). The van der Waals surface area contributed by atoms with Gasteiger partial charge in [0.25, 0.3) is 6.47 Å². The molecule has 1 fully saturated rings. The van der Waals surface area contributed by atoms with E-state index >= 15 is 0 Å². The van der Waals surface area contributed by atoms with Gasteiger partial charge in [-0.15, -0.1) is 0 Å². The number of likely N-dealkylation sites (tertiary alicyclic amines) is 1. The van der Waals surface area contributed by atoms with E-state index < -0.39 is 0 Å². The van der Waals surface area contributed by atoms with Crippen molar-refractivity contribution in [2.24, 2.45) is 0 Å². The Balaban J connectivity index is 2.32. The number of ether oxygens (including phenoxy) is 1. The van der Waals surface area contributed by atoms with Gasteiger partial charge in [-0.05, 0) is 45.3 Å². The quantitative estimate of drug-likeness (QED) is 0.768. The zero-order valence-electron chi connectivity index (χ0n) is 12.4. The van der Waals surface area contributed by atoms with Crippen LogP contribution in [0.15, 0.2) is 18.2 Å². The number of nitrogens with zero attached hydrogens (tertiary/aromatic N) is 1. The zero-order valence-corrected chi connectivity index (χ0v) is 12.4. The molecule has 0 spiro atoms. The maximum absolute atomic E-state index is 10.8. The minimum absolute atomic E-state index is 0.529. The van der Waals surface area contributed by atoms with Gasteiger partial charge in [0.05, 0.1) is 0 Å². The summed E-state index contributed by atoms with van der Waals surface area (Å²) in [6.07, 6.45) is 7.80. The Bertz CT molecular complexity index is 488. The molecule has 0 aliphatic carbocycles. The molecule has 0 radical (unpaired) electrons. The van der Waals surface area contributed by atoms with E-state index in [1.165, 1.54) is 24.8 Å². The maximum Gasteiger partial charge on any atom is 0.298 e. The molecule has 1 aliphatic heterocycles. The van der Waals surface area contributed by atoms with Gasteiger partial charge in [0.1, 0.15) is 5.75 Å². The van der Waals surface area contributed by atoms with E-state index in [2.05, 4.69) is 17.9 Å². The molecule has 1 aromatic rings. The van der Waals surface area contributed by atoms with Crippen molar-refractivity contribution in [2.45, 2.75) is 39.7 Å². The average molecular weight is 273 g/mol. The van der Waals surface area contributed by atoms with Gasteiger partial charge in [0, 0.05) is 17.7 Å². The Hall–Kier alpha value is -1.61. The highest BCUT2D eigenvalue weighted by Crippen LogP contribution is 2.30. The molecule has 3 nitrogen and oxygen atoms in total. The van der Waals surface area contributed by atoms with Crippen molar-refractivity contribution in [3.8, 4) is 5.75 Å². The second-order valence-corrected chi connectivity index (χ2v) is 5.33. The number of benzene rings is 1. The van der Waals surface area contributed by atoms with Crippen molar-refractivity contribution in [1.29, 1.82) is 0 Å². The first-order valence-electron chi connectivity index (χ1n) is 7.34. The number of aryl methyl sites for hydroxylation is 1. The Morgan fingerprint density at radius 3 is 2.65 bits per heavy atom. The smallest absolute Gasteiger partial charge is 0.298 e. The molecule has 0 saturated carbocycles. The van der Waals surface area contributed by atoms with Crippen LogP contribution in [0.1, 0.15) is 42.9 Å². The lowest BCUT2D eigenvalue weighted by Crippen LogP contribution is -2.29. The van der Waals surface area contributed by atoms with Crippen molar-refractivity contribution < 1.29 is 9.53 Å². The molecule has 0 N–H and O–H groups in total. The molecule has 0 atom stereocenters. The largest absolute Gasteiger partial charge is 0.428 e. The van der Waals surface area contributed by atoms with E-state index in [4.69, 9.17) is 4.74 Å². The first kappa shape index (κ1) is 14.8. The number of carbonyl (C=O) groups is 1. The van der Waals surface area contributed by atoms with Crippen LogP contribution in [0.25, 0.3) is 6.08 Å². The van der Waals surface area contributed by atoms with Gasteiger partial charge in [-0.25, -0.2) is 0 Å². The second-order valence-electron chi connectivity index (χ2n) is 5.33. The van der Waals surface area contributed by atoms with Gasteiger partial charge in [-0.2, -0.15) is 0 Å². The number of hydrogen-bond donors (Lipinski definition) is 0. The van der Waals surface area contributed by atoms with E-state index in [9.17, 15) is 4.79 Å². The predicted octanol–water partition coefficient (Wildman–Crippen LogP) is 3.55. The SMILES string of the molecule is C/C=C\c1ccc(C)c(CN2CCCCC2)c1OC=O. The van der Waals surface area contributed by atoms with Crippen LogP contribution in [-0.2, 0) is 11.3 Å². The summed E-state index contributed by atoms with van der Waals surface area (Å²) in [5.41, 5.74) is 3.28. The third-order valence-corrected chi connectivity index (χ3v) is 3.87. The van der Waals surface area contributed by atoms with Crippen LogP contribution >= 0.6 is 0 Å². The molecular formula is C17H23NO2. The molecule has 3 heteroatoms. The summed E-state index contributed by atoms with van der Waals surface area (Å²) >= 11 is 0. The summed E-state index contributed by atoms with van der Waals surface area (Å²) in [6.45, 7) is 7.70. The highest BCUT2D eigenvalue weighted by atomic mass is 16.5. The van der Waals surface area contributed by atoms with Gasteiger partial charge in [0.2, 0.25) is 0 Å². The topological polar surface area (TPSA) is 29.5 Å². The van der Waals surface area contributed by atoms with Gasteiger partial charge < -0.3 is 4.74 Å². The fourth-order valence-electron chi connectivity index (χ4n) is 2.78. The molecule has 1 saturated heterocycles. The lowest BCUT2D eigenvalue weighted by molar-refractivity contribution is -0.120. The van der Waals surface area contributed by atoms with Gasteiger partial charge in [0.15, 0.2) is 0 Å². The number of hydrogen-bond acceptors (Lipinski definition) is 3. The summed E-state index contributed by atoms with van der Waals surface area (Å²) in [4.78, 5) is 13.3. The summed E-state index contributed by atoms with van der Waals surface area (Å²) < 4.78 is 5.28. The Labute approximate surface area is 121 Å². The van der Waals surface area contributed by atoms with Crippen molar-refractivity contribution in [2.75, 3.05) is 13.1 Å². The number of rotatable bonds is 5. The minimum atomic E-state index is 0.529. The van der Waals surface area contributed by atoms with Crippen LogP contribution in [0.4, 0.5) is 0 Å². The van der Waals surface area contributed by atoms with Crippen LogP contribution < -0.4 is 4.74 Å². The van der Waals surface area contributed by atoms with E-state index in [-0.39, 0.29) is 0 Å². The summed E-state index contributed by atoms with van der Waals surface area (Å²) in [5, 5.41) is 0. The standard InChI is InChI=1S/C17H23NO2/c1-3-7-15-9-8-14(2)16(17(15)20-13-19)12-18-10-5-4-6-11-18/h3,7-9,13H,4-6,10-12H2,1-2H3/b7-3-. The van der Waals surface area contributed by atoms with Crippen molar-refractivity contribution in [3.63, 3.8) is 0 Å². The fraction of sp³-hybridized carbons (Fsp3) is 0.471. The molecular weight excluding hydrogens is 250 g/mol. The monoisotopic (exact) mass is 273 g/mol. The molecule has 1 aromatic carbocycles. The van der Waals surface area contributed by atoms with E-state index in [1.54, 1.807) is 0 Å². The molecule has 0 aromatic heterocycles. The maximum atomic E-state index is 10.8. The van der Waals surface area contributed by atoms with Gasteiger partial charge in [-0.1, -0.05) is 30.7 Å². The molecule has 0 bridgehead atoms. The van der Waals surface area contributed by atoms with Crippen LogP contribution in [0, 0.1) is 6.92 Å². The Morgan fingerprint density at radius 1 is 1.25 bits per heavy atom. The van der Waals surface area contributed by atoms with Crippen LogP contribution in [0.3, 0.4) is 0 Å². The molecule has 20 heavy (non-hydrogen) atoms. The highest BCUT2D eigenvalue weighted by molar-refractivity contribution is 5.64. The Morgan fingerprint density at radius 2 is 2.00 bits per heavy atom. The predicted molar refractivity (Wildman–Crippen MR) is 81.7 cm³/mol. The van der Waals surface area contributed by atoms with Crippen molar-refractivity contribution in [1.82, 2.24) is 4.90 Å². The molecule has 108 valence electrons. The van der Waals surface area contributed by atoms with Crippen molar-refractivity contribution >= 4 is 12.5 Å². The molecule has 1 aliphatic rings. The van der Waals surface area contributed by atoms with E-state index in [1.807, 2.05) is 25.1 Å². The summed E-state index contributed by atoms with van der Waals surface area (Å²) in [5.74, 6) is 0.712. The first-order chi connectivity index (χ1) is 9.76.